The fourth-order valence-electron chi connectivity index (χ4n) is 3.38. The second kappa shape index (κ2) is 7.46. The van der Waals surface area contributed by atoms with Crippen LogP contribution in [-0.2, 0) is 15.8 Å². The summed E-state index contributed by atoms with van der Waals surface area (Å²) in [5.41, 5.74) is 0.808. The van der Waals surface area contributed by atoms with Crippen LogP contribution < -0.4 is 4.90 Å². The van der Waals surface area contributed by atoms with Gasteiger partial charge in [-0.1, -0.05) is 66.2 Å². The first-order valence-corrected chi connectivity index (χ1v) is 10.8. The lowest BCUT2D eigenvalue weighted by Crippen LogP contribution is -2.49. The highest BCUT2D eigenvalue weighted by Crippen LogP contribution is 2.27. The molecule has 1 aliphatic heterocycles. The van der Waals surface area contributed by atoms with Gasteiger partial charge in [0.05, 0.1) is 5.75 Å². The molecule has 2 aromatic carbocycles. The Kier molecular flexibility index (Phi) is 5.04. The molecular weight excluding hydrogens is 382 g/mol. The van der Waals surface area contributed by atoms with Crippen molar-refractivity contribution in [2.24, 2.45) is 0 Å². The first-order chi connectivity index (χ1) is 13.0. The average Bonchev–Trinajstić information content (AvgIpc) is 2.68. The number of rotatable bonds is 4. The SMILES string of the molecule is O=S(=O)(Cc1ccccc1)N1CCN(c2cc3ccccc3c(Cl)n2)CC1. The van der Waals surface area contributed by atoms with Crippen LogP contribution in [0.1, 0.15) is 5.56 Å². The van der Waals surface area contributed by atoms with Crippen molar-refractivity contribution in [1.29, 1.82) is 0 Å². The topological polar surface area (TPSA) is 53.5 Å². The van der Waals surface area contributed by atoms with Gasteiger partial charge in [-0.2, -0.15) is 4.31 Å². The Bertz CT molecular complexity index is 1050. The summed E-state index contributed by atoms with van der Waals surface area (Å²) in [6.07, 6.45) is 0. The van der Waals surface area contributed by atoms with E-state index in [1.54, 1.807) is 4.31 Å². The van der Waals surface area contributed by atoms with Crippen molar-refractivity contribution in [3.63, 3.8) is 0 Å². The van der Waals surface area contributed by atoms with Gasteiger partial charge >= 0.3 is 0 Å². The van der Waals surface area contributed by atoms with Crippen molar-refractivity contribution in [1.82, 2.24) is 9.29 Å². The molecule has 1 aromatic heterocycles. The summed E-state index contributed by atoms with van der Waals surface area (Å²) in [5, 5.41) is 2.43. The van der Waals surface area contributed by atoms with Gasteiger partial charge in [-0.15, -0.1) is 0 Å². The fourth-order valence-corrected chi connectivity index (χ4v) is 5.15. The third kappa shape index (κ3) is 3.93. The highest BCUT2D eigenvalue weighted by molar-refractivity contribution is 7.88. The Morgan fingerprint density at radius 3 is 2.33 bits per heavy atom. The maximum atomic E-state index is 12.7. The second-order valence-electron chi connectivity index (χ2n) is 6.62. The molecule has 5 nitrogen and oxygen atoms in total. The molecule has 0 atom stereocenters. The first kappa shape index (κ1) is 18.2. The van der Waals surface area contributed by atoms with Crippen molar-refractivity contribution < 1.29 is 8.42 Å². The molecule has 0 N–H and O–H groups in total. The molecule has 27 heavy (non-hydrogen) atoms. The smallest absolute Gasteiger partial charge is 0.218 e. The van der Waals surface area contributed by atoms with E-state index in [1.165, 1.54) is 0 Å². The van der Waals surface area contributed by atoms with Crippen molar-refractivity contribution in [2.45, 2.75) is 5.75 Å². The quantitative estimate of drug-likeness (QED) is 0.627. The van der Waals surface area contributed by atoms with Gasteiger partial charge in [0.2, 0.25) is 10.0 Å². The maximum Gasteiger partial charge on any atom is 0.218 e. The first-order valence-electron chi connectivity index (χ1n) is 8.85. The van der Waals surface area contributed by atoms with Crippen molar-refractivity contribution >= 4 is 38.2 Å². The minimum absolute atomic E-state index is 0.0356. The molecule has 0 saturated carbocycles. The van der Waals surface area contributed by atoms with Crippen molar-refractivity contribution in [3.8, 4) is 0 Å². The van der Waals surface area contributed by atoms with Crippen LogP contribution in [0.4, 0.5) is 5.82 Å². The van der Waals surface area contributed by atoms with Crippen LogP contribution in [0.15, 0.2) is 60.7 Å². The van der Waals surface area contributed by atoms with E-state index >= 15 is 0 Å². The Hall–Kier alpha value is -2.15. The second-order valence-corrected chi connectivity index (χ2v) is 8.95. The van der Waals surface area contributed by atoms with Gasteiger partial charge in [0.25, 0.3) is 0 Å². The summed E-state index contributed by atoms with van der Waals surface area (Å²) in [6.45, 7) is 2.08. The van der Waals surface area contributed by atoms with Gasteiger partial charge in [0.1, 0.15) is 11.0 Å². The summed E-state index contributed by atoms with van der Waals surface area (Å²) in [5.74, 6) is 0.826. The van der Waals surface area contributed by atoms with Crippen LogP contribution in [-0.4, -0.2) is 43.9 Å². The van der Waals surface area contributed by atoms with Gasteiger partial charge in [0.15, 0.2) is 0 Å². The summed E-state index contributed by atoms with van der Waals surface area (Å²) >= 11 is 6.33. The Balaban J connectivity index is 1.47. The lowest BCUT2D eigenvalue weighted by molar-refractivity contribution is 0.383. The number of hydrogen-bond donors (Lipinski definition) is 0. The molecule has 4 rings (SSSR count). The number of benzene rings is 2. The molecule has 1 aliphatic rings. The van der Waals surface area contributed by atoms with E-state index < -0.39 is 10.0 Å². The Morgan fingerprint density at radius 1 is 0.926 bits per heavy atom. The van der Waals surface area contributed by atoms with E-state index in [-0.39, 0.29) is 5.75 Å². The number of anilines is 1. The van der Waals surface area contributed by atoms with Crippen LogP contribution in [0.3, 0.4) is 0 Å². The number of nitrogens with zero attached hydrogens (tertiary/aromatic N) is 3. The summed E-state index contributed by atoms with van der Waals surface area (Å²) < 4.78 is 27.0. The molecular formula is C20H20ClN3O2S. The molecule has 0 spiro atoms. The molecule has 0 bridgehead atoms. The number of pyridine rings is 1. The summed E-state index contributed by atoms with van der Waals surface area (Å²) in [7, 11) is -3.32. The molecule has 2 heterocycles. The largest absolute Gasteiger partial charge is 0.354 e. The Labute approximate surface area is 164 Å². The predicted molar refractivity (Wildman–Crippen MR) is 110 cm³/mol. The number of halogens is 1. The van der Waals surface area contributed by atoms with Gasteiger partial charge in [-0.05, 0) is 17.0 Å². The average molecular weight is 402 g/mol. The van der Waals surface area contributed by atoms with Crippen molar-refractivity contribution in [2.75, 3.05) is 31.1 Å². The van der Waals surface area contributed by atoms with Crippen LogP contribution in [0.25, 0.3) is 10.8 Å². The molecule has 0 aliphatic carbocycles. The number of fused-ring (bicyclic) bond motifs is 1. The number of sulfonamides is 1. The van der Waals surface area contributed by atoms with E-state index in [9.17, 15) is 8.42 Å². The van der Waals surface area contributed by atoms with Crippen LogP contribution in [0, 0.1) is 0 Å². The summed E-state index contributed by atoms with van der Waals surface area (Å²) in [4.78, 5) is 6.59. The molecule has 7 heteroatoms. The van der Waals surface area contributed by atoms with E-state index in [1.807, 2.05) is 60.7 Å². The maximum absolute atomic E-state index is 12.7. The van der Waals surface area contributed by atoms with Crippen LogP contribution in [0.5, 0.6) is 0 Å². The molecule has 0 unspecified atom stereocenters. The van der Waals surface area contributed by atoms with Gasteiger partial charge in [-0.25, -0.2) is 13.4 Å². The van der Waals surface area contributed by atoms with Gasteiger partial charge in [0, 0.05) is 31.6 Å². The van der Waals surface area contributed by atoms with E-state index in [0.29, 0.717) is 31.3 Å². The molecule has 3 aromatic rings. The normalized spacial score (nSPS) is 16.0. The number of hydrogen-bond acceptors (Lipinski definition) is 4. The van der Waals surface area contributed by atoms with Gasteiger partial charge in [-0.3, -0.25) is 0 Å². The lowest BCUT2D eigenvalue weighted by atomic mass is 10.2. The fraction of sp³-hybridized carbons (Fsp3) is 0.250. The predicted octanol–water partition coefficient (Wildman–Crippen LogP) is 3.54. The molecule has 140 valence electrons. The standard InChI is InChI=1S/C20H20ClN3O2S/c21-20-18-9-5-4-8-17(18)14-19(22-20)23-10-12-24(13-11-23)27(25,26)15-16-6-2-1-3-7-16/h1-9,14H,10-13,15H2. The van der Waals surface area contributed by atoms with Gasteiger partial charge < -0.3 is 4.90 Å². The lowest BCUT2D eigenvalue weighted by Gasteiger charge is -2.34. The zero-order valence-electron chi connectivity index (χ0n) is 14.8. The molecule has 1 fully saturated rings. The number of piperazine rings is 1. The van der Waals surface area contributed by atoms with E-state index in [0.717, 1.165) is 22.2 Å². The highest BCUT2D eigenvalue weighted by Gasteiger charge is 2.27. The minimum atomic E-state index is -3.32. The minimum Gasteiger partial charge on any atom is -0.354 e. The highest BCUT2D eigenvalue weighted by atomic mass is 35.5. The Morgan fingerprint density at radius 2 is 1.59 bits per heavy atom. The zero-order chi connectivity index (χ0) is 18.9. The molecule has 0 amide bonds. The third-order valence-corrected chi connectivity index (χ3v) is 6.97. The zero-order valence-corrected chi connectivity index (χ0v) is 16.3. The monoisotopic (exact) mass is 401 g/mol. The van der Waals surface area contributed by atoms with Crippen molar-refractivity contribution in [3.05, 3.63) is 71.4 Å². The van der Waals surface area contributed by atoms with E-state index in [4.69, 9.17) is 11.6 Å². The van der Waals surface area contributed by atoms with Crippen LogP contribution >= 0.6 is 11.6 Å². The third-order valence-electron chi connectivity index (χ3n) is 4.83. The van der Waals surface area contributed by atoms with E-state index in [2.05, 4.69) is 9.88 Å². The van der Waals surface area contributed by atoms with Crippen LogP contribution in [0.2, 0.25) is 5.15 Å². The molecule has 0 radical (unpaired) electrons. The molecule has 1 saturated heterocycles. The number of aromatic nitrogens is 1. The summed E-state index contributed by atoms with van der Waals surface area (Å²) in [6, 6.07) is 19.2.